The lowest BCUT2D eigenvalue weighted by Gasteiger charge is -2.19. The zero-order chi connectivity index (χ0) is 13.7. The van der Waals surface area contributed by atoms with E-state index >= 15 is 0 Å². The van der Waals surface area contributed by atoms with Gasteiger partial charge in [-0.1, -0.05) is 5.57 Å². The second-order valence-electron chi connectivity index (χ2n) is 4.19. The molecular weight excluding hydrogens is 230 g/mol. The molecule has 4 heteroatoms. The fourth-order valence-corrected chi connectivity index (χ4v) is 1.90. The molecule has 0 saturated carbocycles. The third kappa shape index (κ3) is 2.96. The number of rotatable bonds is 6. The van der Waals surface area contributed by atoms with E-state index in [1.807, 2.05) is 19.1 Å². The predicted molar refractivity (Wildman–Crippen MR) is 72.5 cm³/mol. The molecule has 0 amide bonds. The summed E-state index contributed by atoms with van der Waals surface area (Å²) in [5.41, 5.74) is 8.06. The highest BCUT2D eigenvalue weighted by Crippen LogP contribution is 2.42. The van der Waals surface area contributed by atoms with Crippen LogP contribution in [0.25, 0.3) is 0 Å². The van der Waals surface area contributed by atoms with E-state index in [4.69, 9.17) is 19.9 Å². The van der Waals surface area contributed by atoms with Crippen molar-refractivity contribution in [1.29, 1.82) is 0 Å². The number of ether oxygens (including phenoxy) is 3. The van der Waals surface area contributed by atoms with Crippen LogP contribution in [0.3, 0.4) is 0 Å². The molecular formula is C14H21NO3. The topological polar surface area (TPSA) is 53.7 Å². The van der Waals surface area contributed by atoms with E-state index < -0.39 is 0 Å². The maximum Gasteiger partial charge on any atom is 0.203 e. The van der Waals surface area contributed by atoms with E-state index in [1.165, 1.54) is 0 Å². The highest BCUT2D eigenvalue weighted by atomic mass is 16.5. The maximum atomic E-state index is 6.15. The number of methoxy groups -OCH3 is 3. The van der Waals surface area contributed by atoms with Crippen LogP contribution in [0.1, 0.15) is 24.9 Å². The van der Waals surface area contributed by atoms with E-state index in [-0.39, 0.29) is 6.04 Å². The van der Waals surface area contributed by atoms with Crippen molar-refractivity contribution >= 4 is 0 Å². The summed E-state index contributed by atoms with van der Waals surface area (Å²) >= 11 is 0. The van der Waals surface area contributed by atoms with Crippen LogP contribution in [0.4, 0.5) is 0 Å². The molecule has 100 valence electrons. The third-order valence-corrected chi connectivity index (χ3v) is 2.70. The van der Waals surface area contributed by atoms with E-state index in [9.17, 15) is 0 Å². The summed E-state index contributed by atoms with van der Waals surface area (Å²) in [4.78, 5) is 0. The quantitative estimate of drug-likeness (QED) is 0.790. The number of benzene rings is 1. The van der Waals surface area contributed by atoms with Gasteiger partial charge in [0.2, 0.25) is 5.75 Å². The summed E-state index contributed by atoms with van der Waals surface area (Å²) in [6.45, 7) is 5.83. The molecule has 2 N–H and O–H groups in total. The lowest BCUT2D eigenvalue weighted by molar-refractivity contribution is 0.320. The summed E-state index contributed by atoms with van der Waals surface area (Å²) in [7, 11) is 4.76. The Bertz CT molecular complexity index is 429. The first-order valence-corrected chi connectivity index (χ1v) is 5.74. The van der Waals surface area contributed by atoms with Gasteiger partial charge in [-0.3, -0.25) is 0 Å². The monoisotopic (exact) mass is 251 g/mol. The van der Waals surface area contributed by atoms with Crippen molar-refractivity contribution in [3.63, 3.8) is 0 Å². The van der Waals surface area contributed by atoms with Crippen LogP contribution in [0.5, 0.6) is 17.2 Å². The van der Waals surface area contributed by atoms with Gasteiger partial charge in [-0.05, 0) is 25.5 Å². The Hall–Kier alpha value is -1.68. The van der Waals surface area contributed by atoms with Gasteiger partial charge in [0.25, 0.3) is 0 Å². The van der Waals surface area contributed by atoms with Crippen LogP contribution < -0.4 is 19.9 Å². The van der Waals surface area contributed by atoms with Crippen molar-refractivity contribution in [2.24, 2.45) is 5.73 Å². The Morgan fingerprint density at radius 2 is 1.78 bits per heavy atom. The fourth-order valence-electron chi connectivity index (χ4n) is 1.90. The van der Waals surface area contributed by atoms with Crippen molar-refractivity contribution in [3.05, 3.63) is 29.8 Å². The zero-order valence-electron chi connectivity index (χ0n) is 11.4. The van der Waals surface area contributed by atoms with Crippen molar-refractivity contribution in [3.8, 4) is 17.2 Å². The minimum absolute atomic E-state index is 0.169. The van der Waals surface area contributed by atoms with Crippen LogP contribution in [-0.4, -0.2) is 21.3 Å². The molecule has 0 aromatic heterocycles. The zero-order valence-corrected chi connectivity index (χ0v) is 11.4. The molecule has 18 heavy (non-hydrogen) atoms. The Morgan fingerprint density at radius 1 is 1.17 bits per heavy atom. The van der Waals surface area contributed by atoms with Crippen molar-refractivity contribution in [2.75, 3.05) is 21.3 Å². The Balaban J connectivity index is 3.23. The average molecular weight is 251 g/mol. The minimum Gasteiger partial charge on any atom is -0.493 e. The number of hydrogen-bond acceptors (Lipinski definition) is 4. The van der Waals surface area contributed by atoms with Gasteiger partial charge in [0.15, 0.2) is 11.5 Å². The molecule has 4 nitrogen and oxygen atoms in total. The lowest BCUT2D eigenvalue weighted by Crippen LogP contribution is -2.12. The molecule has 1 atom stereocenters. The number of nitrogens with two attached hydrogens (primary N) is 1. The molecule has 0 aliphatic carbocycles. The van der Waals surface area contributed by atoms with E-state index in [2.05, 4.69) is 6.58 Å². The molecule has 0 unspecified atom stereocenters. The molecule has 0 fully saturated rings. The van der Waals surface area contributed by atoms with Crippen LogP contribution in [-0.2, 0) is 0 Å². The van der Waals surface area contributed by atoms with Crippen LogP contribution in [0.2, 0.25) is 0 Å². The molecule has 0 aliphatic rings. The highest BCUT2D eigenvalue weighted by Gasteiger charge is 2.19. The summed E-state index contributed by atoms with van der Waals surface area (Å²) in [5.74, 6) is 1.81. The standard InChI is InChI=1S/C14H21NO3/c1-9(2)8-11(15)10-6-7-12(16-3)14(18-5)13(10)17-4/h6-7,11H,1,8,15H2,2-5H3/t11-/m1/s1. The summed E-state index contributed by atoms with van der Waals surface area (Å²) in [5, 5.41) is 0. The fraction of sp³-hybridized carbons (Fsp3) is 0.429. The molecule has 0 bridgehead atoms. The molecule has 0 aliphatic heterocycles. The smallest absolute Gasteiger partial charge is 0.203 e. The second kappa shape index (κ2) is 6.31. The summed E-state index contributed by atoms with van der Waals surface area (Å²) in [6, 6.07) is 3.56. The van der Waals surface area contributed by atoms with Gasteiger partial charge in [-0.25, -0.2) is 0 Å². The van der Waals surface area contributed by atoms with Crippen LogP contribution >= 0.6 is 0 Å². The van der Waals surface area contributed by atoms with Crippen LogP contribution in [0, 0.1) is 0 Å². The minimum atomic E-state index is -0.169. The number of hydrogen-bond donors (Lipinski definition) is 1. The molecule has 0 radical (unpaired) electrons. The first-order chi connectivity index (χ1) is 8.54. The van der Waals surface area contributed by atoms with Gasteiger partial charge >= 0.3 is 0 Å². The molecule has 0 saturated heterocycles. The average Bonchev–Trinajstić information content (AvgIpc) is 2.35. The SMILES string of the molecule is C=C(C)C[C@@H](N)c1ccc(OC)c(OC)c1OC. The Kier molecular flexibility index (Phi) is 5.04. The first-order valence-electron chi connectivity index (χ1n) is 5.74. The van der Waals surface area contributed by atoms with Gasteiger partial charge < -0.3 is 19.9 Å². The summed E-state index contributed by atoms with van der Waals surface area (Å²) < 4.78 is 16.0. The van der Waals surface area contributed by atoms with Crippen molar-refractivity contribution in [1.82, 2.24) is 0 Å². The maximum absolute atomic E-state index is 6.15. The molecule has 1 rings (SSSR count). The van der Waals surface area contributed by atoms with Crippen molar-refractivity contribution in [2.45, 2.75) is 19.4 Å². The lowest BCUT2D eigenvalue weighted by atomic mass is 9.99. The molecule has 0 heterocycles. The highest BCUT2D eigenvalue weighted by molar-refractivity contribution is 5.56. The van der Waals surface area contributed by atoms with Gasteiger partial charge in [-0.15, -0.1) is 6.58 Å². The molecule has 1 aromatic carbocycles. The Labute approximate surface area is 108 Å². The third-order valence-electron chi connectivity index (χ3n) is 2.70. The molecule has 1 aromatic rings. The normalized spacial score (nSPS) is 11.8. The predicted octanol–water partition coefficient (Wildman–Crippen LogP) is 2.68. The van der Waals surface area contributed by atoms with Crippen LogP contribution in [0.15, 0.2) is 24.3 Å². The molecule has 0 spiro atoms. The van der Waals surface area contributed by atoms with E-state index in [0.717, 1.165) is 11.1 Å². The Morgan fingerprint density at radius 3 is 2.22 bits per heavy atom. The van der Waals surface area contributed by atoms with Gasteiger partial charge in [0.05, 0.1) is 21.3 Å². The van der Waals surface area contributed by atoms with E-state index in [1.54, 1.807) is 21.3 Å². The van der Waals surface area contributed by atoms with Gasteiger partial charge in [0.1, 0.15) is 0 Å². The van der Waals surface area contributed by atoms with E-state index in [0.29, 0.717) is 23.7 Å². The first kappa shape index (κ1) is 14.4. The second-order valence-corrected chi connectivity index (χ2v) is 4.19. The van der Waals surface area contributed by atoms with Gasteiger partial charge in [0, 0.05) is 11.6 Å². The largest absolute Gasteiger partial charge is 0.493 e. The summed E-state index contributed by atoms with van der Waals surface area (Å²) in [6.07, 6.45) is 0.700. The van der Waals surface area contributed by atoms with Crippen molar-refractivity contribution < 1.29 is 14.2 Å². The van der Waals surface area contributed by atoms with Gasteiger partial charge in [-0.2, -0.15) is 0 Å².